The van der Waals surface area contributed by atoms with Gasteiger partial charge >= 0.3 is 11.9 Å². The Morgan fingerprint density at radius 1 is 1.18 bits per heavy atom. The van der Waals surface area contributed by atoms with Crippen LogP contribution in [0.4, 0.5) is 0 Å². The van der Waals surface area contributed by atoms with Crippen LogP contribution in [0.25, 0.3) is 0 Å². The van der Waals surface area contributed by atoms with E-state index < -0.39 is 5.41 Å². The van der Waals surface area contributed by atoms with Gasteiger partial charge < -0.3 is 14.6 Å². The zero-order valence-corrected chi connectivity index (χ0v) is 11.0. The van der Waals surface area contributed by atoms with Gasteiger partial charge in [-0.05, 0) is 20.8 Å². The third-order valence-electron chi connectivity index (χ3n) is 2.09. The first kappa shape index (κ1) is 15.9. The van der Waals surface area contributed by atoms with Crippen LogP contribution >= 0.6 is 0 Å². The molecule has 0 aromatic rings. The Labute approximate surface area is 102 Å². The normalized spacial score (nSPS) is 13.0. The smallest absolute Gasteiger partial charge is 0.311 e. The van der Waals surface area contributed by atoms with Gasteiger partial charge in [0.1, 0.15) is 0 Å². The third-order valence-corrected chi connectivity index (χ3v) is 2.09. The van der Waals surface area contributed by atoms with Crippen molar-refractivity contribution in [1.82, 2.24) is 0 Å². The number of aliphatic hydroxyl groups excluding tert-OH is 1. The second-order valence-corrected chi connectivity index (χ2v) is 4.93. The third kappa shape index (κ3) is 6.94. The van der Waals surface area contributed by atoms with Gasteiger partial charge in [0.15, 0.2) is 0 Å². The molecule has 0 bridgehead atoms. The number of ether oxygens (including phenoxy) is 2. The van der Waals surface area contributed by atoms with Crippen LogP contribution in [0, 0.1) is 11.3 Å². The van der Waals surface area contributed by atoms with Crippen molar-refractivity contribution in [2.45, 2.75) is 34.1 Å². The van der Waals surface area contributed by atoms with Crippen molar-refractivity contribution >= 4 is 11.9 Å². The lowest BCUT2D eigenvalue weighted by Crippen LogP contribution is -2.28. The van der Waals surface area contributed by atoms with Gasteiger partial charge in [0.05, 0.1) is 31.2 Å². The highest BCUT2D eigenvalue weighted by Crippen LogP contribution is 2.15. The van der Waals surface area contributed by atoms with E-state index in [2.05, 4.69) is 0 Å². The van der Waals surface area contributed by atoms with Crippen molar-refractivity contribution < 1.29 is 24.2 Å². The van der Waals surface area contributed by atoms with Gasteiger partial charge in [-0.25, -0.2) is 0 Å². The number of hydrogen-bond donors (Lipinski definition) is 1. The summed E-state index contributed by atoms with van der Waals surface area (Å²) in [5.74, 6) is -1.03. The lowest BCUT2D eigenvalue weighted by Gasteiger charge is -2.19. The first-order chi connectivity index (χ1) is 7.81. The van der Waals surface area contributed by atoms with Crippen molar-refractivity contribution in [3.63, 3.8) is 0 Å². The summed E-state index contributed by atoms with van der Waals surface area (Å²) >= 11 is 0. The molecule has 0 radical (unpaired) electrons. The fourth-order valence-corrected chi connectivity index (χ4v) is 0.876. The molecule has 0 saturated carbocycles. The predicted molar refractivity (Wildman–Crippen MR) is 62.2 cm³/mol. The molecule has 1 N–H and O–H groups in total. The minimum atomic E-state index is -0.569. The highest BCUT2D eigenvalue weighted by molar-refractivity contribution is 5.75. The summed E-state index contributed by atoms with van der Waals surface area (Å²) in [4.78, 5) is 22.4. The molecule has 5 heteroatoms. The van der Waals surface area contributed by atoms with Gasteiger partial charge in [0, 0.05) is 6.42 Å². The Balaban J connectivity index is 3.98. The first-order valence-electron chi connectivity index (χ1n) is 5.75. The van der Waals surface area contributed by atoms with Crippen LogP contribution in [0.15, 0.2) is 0 Å². The first-order valence-corrected chi connectivity index (χ1v) is 5.75. The van der Waals surface area contributed by atoms with Crippen LogP contribution in [0.3, 0.4) is 0 Å². The summed E-state index contributed by atoms with van der Waals surface area (Å²) in [6.07, 6.45) is 0.292. The molecule has 1 atom stereocenters. The molecule has 5 nitrogen and oxygen atoms in total. The Hall–Kier alpha value is -1.10. The van der Waals surface area contributed by atoms with Crippen molar-refractivity contribution in [2.75, 3.05) is 19.8 Å². The zero-order valence-electron chi connectivity index (χ0n) is 11.0. The van der Waals surface area contributed by atoms with Crippen LogP contribution in [0.2, 0.25) is 0 Å². The molecule has 0 aromatic heterocycles. The Kier molecular flexibility index (Phi) is 6.80. The molecular formula is C12H22O5. The van der Waals surface area contributed by atoms with Gasteiger partial charge in [-0.2, -0.15) is 0 Å². The van der Waals surface area contributed by atoms with Gasteiger partial charge in [0.25, 0.3) is 0 Å². The summed E-state index contributed by atoms with van der Waals surface area (Å²) in [7, 11) is 0. The van der Waals surface area contributed by atoms with E-state index in [1.807, 2.05) is 0 Å². The average molecular weight is 246 g/mol. The molecule has 0 fully saturated rings. The van der Waals surface area contributed by atoms with Gasteiger partial charge in [-0.15, -0.1) is 0 Å². The van der Waals surface area contributed by atoms with E-state index in [0.717, 1.165) is 0 Å². The van der Waals surface area contributed by atoms with Crippen LogP contribution in [0.5, 0.6) is 0 Å². The number of rotatable bonds is 6. The maximum absolute atomic E-state index is 11.5. The van der Waals surface area contributed by atoms with E-state index in [4.69, 9.17) is 14.6 Å². The fourth-order valence-electron chi connectivity index (χ4n) is 0.876. The molecule has 0 aliphatic carbocycles. The second kappa shape index (κ2) is 7.27. The highest BCUT2D eigenvalue weighted by Gasteiger charge is 2.24. The lowest BCUT2D eigenvalue weighted by molar-refractivity contribution is -0.156. The molecule has 100 valence electrons. The summed E-state index contributed by atoms with van der Waals surface area (Å²) in [6.45, 7) is 6.88. The van der Waals surface area contributed by atoms with E-state index in [1.54, 1.807) is 27.7 Å². The lowest BCUT2D eigenvalue weighted by atomic mass is 9.97. The van der Waals surface area contributed by atoms with E-state index in [0.29, 0.717) is 6.42 Å². The maximum atomic E-state index is 11.5. The Morgan fingerprint density at radius 2 is 1.71 bits per heavy atom. The van der Waals surface area contributed by atoms with Gasteiger partial charge in [-0.3, -0.25) is 9.59 Å². The number of esters is 2. The molecule has 0 spiro atoms. The highest BCUT2D eigenvalue weighted by atomic mass is 16.5. The molecule has 17 heavy (non-hydrogen) atoms. The Morgan fingerprint density at radius 3 is 2.12 bits per heavy atom. The van der Waals surface area contributed by atoms with Crippen LogP contribution in [-0.4, -0.2) is 36.9 Å². The molecular weight excluding hydrogens is 224 g/mol. The molecule has 0 aliphatic heterocycles. The number of carbonyl (C=O) groups is 2. The molecule has 0 saturated heterocycles. The van der Waals surface area contributed by atoms with E-state index in [-0.39, 0.29) is 37.7 Å². The maximum Gasteiger partial charge on any atom is 0.311 e. The average Bonchev–Trinajstić information content (AvgIpc) is 2.27. The van der Waals surface area contributed by atoms with Crippen molar-refractivity contribution in [1.29, 1.82) is 0 Å². The molecule has 1 unspecified atom stereocenters. The SMILES string of the molecule is CCC(=O)OCC(CO)COC(=O)C(C)(C)C. The fraction of sp³-hybridized carbons (Fsp3) is 0.833. The minimum absolute atomic E-state index is 0.0591. The minimum Gasteiger partial charge on any atom is -0.465 e. The van der Waals surface area contributed by atoms with E-state index in [9.17, 15) is 9.59 Å². The molecule has 0 heterocycles. The topological polar surface area (TPSA) is 72.8 Å². The number of carbonyl (C=O) groups excluding carboxylic acids is 2. The predicted octanol–water partition coefficient (Wildman–Crippen LogP) is 1.14. The van der Waals surface area contributed by atoms with E-state index in [1.165, 1.54) is 0 Å². The van der Waals surface area contributed by atoms with Crippen LogP contribution < -0.4 is 0 Å². The standard InChI is InChI=1S/C12H22O5/c1-5-10(14)16-7-9(6-13)8-17-11(15)12(2,3)4/h9,13H,5-8H2,1-4H3. The quantitative estimate of drug-likeness (QED) is 0.711. The molecule has 0 amide bonds. The van der Waals surface area contributed by atoms with E-state index >= 15 is 0 Å². The summed E-state index contributed by atoms with van der Waals surface area (Å²) in [6, 6.07) is 0. The summed E-state index contributed by atoms with van der Waals surface area (Å²) in [5, 5.41) is 9.04. The number of hydrogen-bond acceptors (Lipinski definition) is 5. The van der Waals surface area contributed by atoms with Gasteiger partial charge in [0.2, 0.25) is 0 Å². The van der Waals surface area contributed by atoms with Crippen molar-refractivity contribution in [3.05, 3.63) is 0 Å². The summed E-state index contributed by atoms with van der Waals surface area (Å²) < 4.78 is 9.91. The summed E-state index contributed by atoms with van der Waals surface area (Å²) in [5.41, 5.74) is -0.569. The van der Waals surface area contributed by atoms with Crippen molar-refractivity contribution in [3.8, 4) is 0 Å². The monoisotopic (exact) mass is 246 g/mol. The van der Waals surface area contributed by atoms with Crippen LogP contribution in [0.1, 0.15) is 34.1 Å². The van der Waals surface area contributed by atoms with Crippen molar-refractivity contribution in [2.24, 2.45) is 11.3 Å². The Bertz CT molecular complexity index is 254. The zero-order chi connectivity index (χ0) is 13.5. The molecule has 0 rings (SSSR count). The molecule has 0 aromatic carbocycles. The number of aliphatic hydroxyl groups is 1. The second-order valence-electron chi connectivity index (χ2n) is 4.93. The van der Waals surface area contributed by atoms with Crippen LogP contribution in [-0.2, 0) is 19.1 Å². The van der Waals surface area contributed by atoms with Gasteiger partial charge in [-0.1, -0.05) is 6.92 Å². The largest absolute Gasteiger partial charge is 0.465 e. The molecule has 0 aliphatic rings.